The normalized spacial score (nSPS) is 10.9. The van der Waals surface area contributed by atoms with Gasteiger partial charge in [0.05, 0.1) is 28.4 Å². The van der Waals surface area contributed by atoms with Gasteiger partial charge in [-0.05, 0) is 79.2 Å². The van der Waals surface area contributed by atoms with Crippen molar-refractivity contribution in [2.75, 3.05) is 12.4 Å². The molecule has 0 aliphatic rings. The molecular formula is C24H19Cl2N3O5. The van der Waals surface area contributed by atoms with Crippen LogP contribution in [0, 0.1) is 0 Å². The molecular weight excluding hydrogens is 481 g/mol. The van der Waals surface area contributed by atoms with Gasteiger partial charge in [0.25, 0.3) is 0 Å². The van der Waals surface area contributed by atoms with Crippen LogP contribution in [0.1, 0.15) is 22.8 Å². The quantitative estimate of drug-likeness (QED) is 0.168. The molecule has 0 aromatic heterocycles. The van der Waals surface area contributed by atoms with E-state index in [4.69, 9.17) is 32.7 Å². The third kappa shape index (κ3) is 6.57. The average molecular weight is 500 g/mol. The molecule has 34 heavy (non-hydrogen) atoms. The van der Waals surface area contributed by atoms with E-state index in [1.54, 1.807) is 55.5 Å². The molecule has 0 bridgehead atoms. The number of anilines is 1. The Kier molecular flexibility index (Phi) is 8.24. The van der Waals surface area contributed by atoms with Gasteiger partial charge in [-0.25, -0.2) is 10.2 Å². The predicted molar refractivity (Wildman–Crippen MR) is 130 cm³/mol. The van der Waals surface area contributed by atoms with Gasteiger partial charge in [-0.1, -0.05) is 23.2 Å². The van der Waals surface area contributed by atoms with E-state index in [2.05, 4.69) is 15.8 Å². The summed E-state index contributed by atoms with van der Waals surface area (Å²) in [5, 5.41) is 6.90. The van der Waals surface area contributed by atoms with E-state index in [-0.39, 0.29) is 5.02 Å². The molecule has 0 saturated heterocycles. The lowest BCUT2D eigenvalue weighted by Crippen LogP contribution is -2.32. The summed E-state index contributed by atoms with van der Waals surface area (Å²) < 4.78 is 10.4. The van der Waals surface area contributed by atoms with Crippen LogP contribution in [0.5, 0.6) is 11.5 Å². The maximum atomic E-state index is 12.3. The van der Waals surface area contributed by atoms with E-state index >= 15 is 0 Å². The van der Waals surface area contributed by atoms with Gasteiger partial charge in [0.1, 0.15) is 11.5 Å². The third-order valence-electron chi connectivity index (χ3n) is 4.52. The van der Waals surface area contributed by atoms with Crippen molar-refractivity contribution in [2.45, 2.75) is 6.92 Å². The summed E-state index contributed by atoms with van der Waals surface area (Å²) in [7, 11) is 1.54. The van der Waals surface area contributed by atoms with Crippen molar-refractivity contribution in [1.82, 2.24) is 5.43 Å². The molecule has 0 fully saturated rings. The van der Waals surface area contributed by atoms with E-state index in [0.717, 1.165) is 0 Å². The number of ether oxygens (including phenoxy) is 2. The van der Waals surface area contributed by atoms with Gasteiger partial charge in [0.15, 0.2) is 0 Å². The van der Waals surface area contributed by atoms with Crippen LogP contribution in [0.2, 0.25) is 10.0 Å². The highest BCUT2D eigenvalue weighted by Gasteiger charge is 2.14. The number of benzene rings is 3. The number of nitrogens with one attached hydrogen (secondary N) is 2. The summed E-state index contributed by atoms with van der Waals surface area (Å²) in [4.78, 5) is 36.3. The fourth-order valence-electron chi connectivity index (χ4n) is 2.67. The zero-order valence-electron chi connectivity index (χ0n) is 18.1. The standard InChI is InChI=1S/C24H19Cl2N3O5/c1-14(28-29-23(31)22(30)27-17-7-12-20(25)21(26)13-17)15-3-10-19(11-4-15)34-24(32)16-5-8-18(33-2)9-6-16/h3-13H,1-2H3,(H,27,30)(H,29,31)/b28-14+. The summed E-state index contributed by atoms with van der Waals surface area (Å²) in [5.41, 5.74) is 3.96. The summed E-state index contributed by atoms with van der Waals surface area (Å²) in [6, 6.07) is 17.5. The maximum absolute atomic E-state index is 12.3. The van der Waals surface area contributed by atoms with Crippen molar-refractivity contribution in [3.63, 3.8) is 0 Å². The Morgan fingerprint density at radius 1 is 0.794 bits per heavy atom. The number of esters is 1. The predicted octanol–water partition coefficient (Wildman–Crippen LogP) is 4.70. The zero-order valence-corrected chi connectivity index (χ0v) is 19.6. The lowest BCUT2D eigenvalue weighted by atomic mass is 10.1. The van der Waals surface area contributed by atoms with E-state index in [1.165, 1.54) is 25.3 Å². The monoisotopic (exact) mass is 499 g/mol. The highest BCUT2D eigenvalue weighted by Crippen LogP contribution is 2.25. The van der Waals surface area contributed by atoms with Gasteiger partial charge in [-0.2, -0.15) is 5.10 Å². The second-order valence-electron chi connectivity index (χ2n) is 6.86. The molecule has 3 rings (SSSR count). The lowest BCUT2D eigenvalue weighted by molar-refractivity contribution is -0.136. The number of hydrogen-bond acceptors (Lipinski definition) is 6. The molecule has 3 aromatic rings. The summed E-state index contributed by atoms with van der Waals surface area (Å²) in [6.45, 7) is 1.65. The number of methoxy groups -OCH3 is 1. The van der Waals surface area contributed by atoms with Crippen LogP contribution >= 0.6 is 23.2 Å². The van der Waals surface area contributed by atoms with Gasteiger partial charge in [0.2, 0.25) is 0 Å². The Hall–Kier alpha value is -3.88. The number of hydrazone groups is 1. The van der Waals surface area contributed by atoms with Crippen molar-refractivity contribution >= 4 is 52.4 Å². The second-order valence-corrected chi connectivity index (χ2v) is 7.68. The fraction of sp³-hybridized carbons (Fsp3) is 0.0833. The van der Waals surface area contributed by atoms with Crippen molar-refractivity contribution in [2.24, 2.45) is 5.10 Å². The highest BCUT2D eigenvalue weighted by molar-refractivity contribution is 6.43. The molecule has 0 saturated carbocycles. The Morgan fingerprint density at radius 2 is 1.41 bits per heavy atom. The molecule has 2 amide bonds. The molecule has 0 radical (unpaired) electrons. The van der Waals surface area contributed by atoms with Crippen LogP contribution in [0.15, 0.2) is 71.8 Å². The summed E-state index contributed by atoms with van der Waals surface area (Å²) in [6.07, 6.45) is 0. The third-order valence-corrected chi connectivity index (χ3v) is 5.26. The molecule has 10 heteroatoms. The molecule has 2 N–H and O–H groups in total. The molecule has 8 nitrogen and oxygen atoms in total. The Labute approximate surface area is 205 Å². The zero-order chi connectivity index (χ0) is 24.7. The van der Waals surface area contributed by atoms with E-state index in [9.17, 15) is 14.4 Å². The van der Waals surface area contributed by atoms with Crippen molar-refractivity contribution in [1.29, 1.82) is 0 Å². The maximum Gasteiger partial charge on any atom is 0.343 e. The second kappa shape index (κ2) is 11.3. The Morgan fingerprint density at radius 3 is 2.03 bits per heavy atom. The van der Waals surface area contributed by atoms with Crippen molar-refractivity contribution in [3.8, 4) is 11.5 Å². The topological polar surface area (TPSA) is 106 Å². The van der Waals surface area contributed by atoms with Crippen molar-refractivity contribution in [3.05, 3.63) is 87.9 Å². The summed E-state index contributed by atoms with van der Waals surface area (Å²) in [5.74, 6) is -1.43. The number of hydrogen-bond donors (Lipinski definition) is 2. The van der Waals surface area contributed by atoms with Gasteiger partial charge in [-0.3, -0.25) is 9.59 Å². The molecule has 3 aromatic carbocycles. The van der Waals surface area contributed by atoms with Crippen LogP contribution in [0.3, 0.4) is 0 Å². The minimum absolute atomic E-state index is 0.242. The average Bonchev–Trinajstić information content (AvgIpc) is 2.85. The van der Waals surface area contributed by atoms with Crippen LogP contribution < -0.4 is 20.2 Å². The Balaban J connectivity index is 1.56. The number of carbonyl (C=O) groups excluding carboxylic acids is 3. The largest absolute Gasteiger partial charge is 0.497 e. The number of carbonyl (C=O) groups is 3. The molecule has 0 aliphatic carbocycles. The number of amides is 2. The van der Waals surface area contributed by atoms with Crippen LogP contribution in [-0.4, -0.2) is 30.6 Å². The van der Waals surface area contributed by atoms with Crippen molar-refractivity contribution < 1.29 is 23.9 Å². The van der Waals surface area contributed by atoms with Gasteiger partial charge in [0, 0.05) is 5.69 Å². The SMILES string of the molecule is COc1ccc(C(=O)Oc2ccc(/C(C)=N/NC(=O)C(=O)Nc3ccc(Cl)c(Cl)c3)cc2)cc1. The van der Waals surface area contributed by atoms with E-state index < -0.39 is 17.8 Å². The molecule has 0 aliphatic heterocycles. The van der Waals surface area contributed by atoms with E-state index in [1.807, 2.05) is 0 Å². The minimum atomic E-state index is -0.963. The molecule has 174 valence electrons. The first-order chi connectivity index (χ1) is 16.3. The van der Waals surface area contributed by atoms with Gasteiger partial charge >= 0.3 is 17.8 Å². The first-order valence-electron chi connectivity index (χ1n) is 9.84. The lowest BCUT2D eigenvalue weighted by Gasteiger charge is -2.07. The molecule has 0 unspecified atom stereocenters. The minimum Gasteiger partial charge on any atom is -0.497 e. The smallest absolute Gasteiger partial charge is 0.343 e. The van der Waals surface area contributed by atoms with Gasteiger partial charge in [-0.15, -0.1) is 0 Å². The fourth-order valence-corrected chi connectivity index (χ4v) is 2.97. The number of halogens is 2. The summed E-state index contributed by atoms with van der Waals surface area (Å²) >= 11 is 11.7. The van der Waals surface area contributed by atoms with Crippen LogP contribution in [0.4, 0.5) is 5.69 Å². The molecule has 0 spiro atoms. The van der Waals surface area contributed by atoms with Crippen LogP contribution in [-0.2, 0) is 9.59 Å². The molecule has 0 heterocycles. The van der Waals surface area contributed by atoms with Gasteiger partial charge < -0.3 is 14.8 Å². The van der Waals surface area contributed by atoms with Crippen LogP contribution in [0.25, 0.3) is 0 Å². The van der Waals surface area contributed by atoms with E-state index in [0.29, 0.717) is 39.0 Å². The first-order valence-corrected chi connectivity index (χ1v) is 10.6. The Bertz CT molecular complexity index is 1240. The molecule has 0 atom stereocenters. The highest BCUT2D eigenvalue weighted by atomic mass is 35.5. The first kappa shape index (κ1) is 24.8. The number of rotatable bonds is 6. The number of nitrogens with zero attached hydrogens (tertiary/aromatic N) is 1.